The zero-order chi connectivity index (χ0) is 13.3. The first-order valence-electron chi connectivity index (χ1n) is 5.82. The van der Waals surface area contributed by atoms with Gasteiger partial charge in [0.15, 0.2) is 0 Å². The maximum absolute atomic E-state index is 12.4. The van der Waals surface area contributed by atoms with E-state index in [9.17, 15) is 8.42 Å². The molecule has 1 aliphatic carbocycles. The topological polar surface area (TPSA) is 87.2 Å². The van der Waals surface area contributed by atoms with E-state index in [1.807, 2.05) is 6.92 Å². The van der Waals surface area contributed by atoms with Gasteiger partial charge in [-0.3, -0.25) is 5.41 Å². The van der Waals surface area contributed by atoms with Gasteiger partial charge in [-0.15, -0.1) is 0 Å². The van der Waals surface area contributed by atoms with Crippen molar-refractivity contribution in [1.82, 2.24) is 4.31 Å². The van der Waals surface area contributed by atoms with Gasteiger partial charge >= 0.3 is 0 Å². The highest BCUT2D eigenvalue weighted by Crippen LogP contribution is 2.31. The lowest BCUT2D eigenvalue weighted by Gasteiger charge is -2.21. The molecule has 0 radical (unpaired) electrons. The van der Waals surface area contributed by atoms with E-state index in [4.69, 9.17) is 11.1 Å². The summed E-state index contributed by atoms with van der Waals surface area (Å²) in [6.07, 6.45) is 1.69. The Hall–Kier alpha value is -1.40. The largest absolute Gasteiger partial charge is 0.387 e. The Balaban J connectivity index is 2.32. The lowest BCUT2D eigenvalue weighted by Crippen LogP contribution is -2.39. The van der Waals surface area contributed by atoms with E-state index in [-0.39, 0.29) is 23.3 Å². The Morgan fingerprint density at radius 2 is 1.94 bits per heavy atom. The molecule has 18 heavy (non-hydrogen) atoms. The van der Waals surface area contributed by atoms with Crippen molar-refractivity contribution in [2.75, 3.05) is 6.54 Å². The molecule has 0 amide bonds. The zero-order valence-electron chi connectivity index (χ0n) is 10.3. The van der Waals surface area contributed by atoms with E-state index in [1.54, 1.807) is 24.3 Å². The smallest absolute Gasteiger partial charge is 0.243 e. The average Bonchev–Trinajstić information content (AvgIpc) is 3.10. The summed E-state index contributed by atoms with van der Waals surface area (Å²) < 4.78 is 26.2. The normalized spacial score (nSPS) is 15.9. The highest BCUT2D eigenvalue weighted by molar-refractivity contribution is 7.89. The maximum atomic E-state index is 12.4. The molecule has 98 valence electrons. The van der Waals surface area contributed by atoms with E-state index in [1.165, 1.54) is 4.31 Å². The Labute approximate surface area is 107 Å². The van der Waals surface area contributed by atoms with E-state index in [0.29, 0.717) is 0 Å². The van der Waals surface area contributed by atoms with E-state index in [2.05, 4.69) is 0 Å². The van der Waals surface area contributed by atoms with Crippen LogP contribution < -0.4 is 5.73 Å². The van der Waals surface area contributed by atoms with E-state index in [0.717, 1.165) is 18.4 Å². The quantitative estimate of drug-likeness (QED) is 0.618. The summed E-state index contributed by atoms with van der Waals surface area (Å²) in [5, 5.41) is 7.29. The van der Waals surface area contributed by atoms with Crippen LogP contribution in [0, 0.1) is 12.3 Å². The molecule has 1 aromatic carbocycles. The van der Waals surface area contributed by atoms with Crippen molar-refractivity contribution in [2.24, 2.45) is 5.73 Å². The number of nitrogens with zero attached hydrogens (tertiary/aromatic N) is 1. The van der Waals surface area contributed by atoms with Crippen LogP contribution >= 0.6 is 0 Å². The Morgan fingerprint density at radius 3 is 2.39 bits per heavy atom. The zero-order valence-corrected chi connectivity index (χ0v) is 11.1. The van der Waals surface area contributed by atoms with Crippen molar-refractivity contribution < 1.29 is 8.42 Å². The number of nitrogens with one attached hydrogen (secondary N) is 1. The van der Waals surface area contributed by atoms with Crippen LogP contribution in [0.1, 0.15) is 18.4 Å². The van der Waals surface area contributed by atoms with Gasteiger partial charge in [0.1, 0.15) is 5.84 Å². The number of benzene rings is 1. The van der Waals surface area contributed by atoms with Gasteiger partial charge in [-0.25, -0.2) is 8.42 Å². The molecular formula is C12H17N3O2S. The molecule has 0 saturated heterocycles. The highest BCUT2D eigenvalue weighted by Gasteiger charge is 2.38. The molecule has 1 fully saturated rings. The molecule has 0 bridgehead atoms. The molecule has 1 saturated carbocycles. The summed E-state index contributed by atoms with van der Waals surface area (Å²) >= 11 is 0. The van der Waals surface area contributed by atoms with Crippen LogP contribution in [0.2, 0.25) is 0 Å². The first kappa shape index (κ1) is 13.0. The standard InChI is InChI=1S/C12H17N3O2S/c1-9-2-6-11(7-3-9)18(16,17)15(8-12(13)14)10-4-5-10/h2-3,6-7,10H,4-5,8H2,1H3,(H3,13,14). The van der Waals surface area contributed by atoms with Gasteiger partial charge in [-0.1, -0.05) is 17.7 Å². The number of hydrogen-bond donors (Lipinski definition) is 2. The number of aryl methyl sites for hydroxylation is 1. The summed E-state index contributed by atoms with van der Waals surface area (Å²) in [6.45, 7) is 1.88. The van der Waals surface area contributed by atoms with Crippen molar-refractivity contribution in [3.63, 3.8) is 0 Å². The van der Waals surface area contributed by atoms with Crippen molar-refractivity contribution >= 4 is 15.9 Å². The van der Waals surface area contributed by atoms with Gasteiger partial charge in [0.05, 0.1) is 11.4 Å². The number of nitrogens with two attached hydrogens (primary N) is 1. The van der Waals surface area contributed by atoms with Crippen LogP contribution in [-0.4, -0.2) is 31.1 Å². The van der Waals surface area contributed by atoms with E-state index < -0.39 is 10.0 Å². The van der Waals surface area contributed by atoms with Gasteiger partial charge in [-0.2, -0.15) is 4.31 Å². The predicted octanol–water partition coefficient (Wildman–Crippen LogP) is 1.08. The van der Waals surface area contributed by atoms with Gasteiger partial charge in [0, 0.05) is 6.04 Å². The average molecular weight is 267 g/mol. The predicted molar refractivity (Wildman–Crippen MR) is 70.0 cm³/mol. The fraction of sp³-hybridized carbons (Fsp3) is 0.417. The third-order valence-corrected chi connectivity index (χ3v) is 4.82. The maximum Gasteiger partial charge on any atom is 0.243 e. The fourth-order valence-corrected chi connectivity index (χ4v) is 3.45. The van der Waals surface area contributed by atoms with Crippen LogP contribution in [0.5, 0.6) is 0 Å². The molecule has 2 rings (SSSR count). The fourth-order valence-electron chi connectivity index (χ4n) is 1.79. The van der Waals surface area contributed by atoms with Gasteiger partial charge in [0.2, 0.25) is 10.0 Å². The van der Waals surface area contributed by atoms with Gasteiger partial charge in [-0.05, 0) is 31.9 Å². The lowest BCUT2D eigenvalue weighted by atomic mass is 10.2. The second kappa shape index (κ2) is 4.70. The minimum absolute atomic E-state index is 0.000188. The molecule has 3 N–H and O–H groups in total. The third-order valence-electron chi connectivity index (χ3n) is 2.91. The molecule has 6 heteroatoms. The summed E-state index contributed by atoms with van der Waals surface area (Å²) in [7, 11) is -3.54. The second-order valence-corrected chi connectivity index (χ2v) is 6.51. The Morgan fingerprint density at radius 1 is 1.39 bits per heavy atom. The number of sulfonamides is 1. The number of amidine groups is 1. The third kappa shape index (κ3) is 2.70. The van der Waals surface area contributed by atoms with Crippen LogP contribution in [0.25, 0.3) is 0 Å². The molecule has 0 aliphatic heterocycles. The summed E-state index contributed by atoms with van der Waals surface area (Å²) in [5.41, 5.74) is 6.35. The second-order valence-electron chi connectivity index (χ2n) is 4.62. The first-order chi connectivity index (χ1) is 8.41. The van der Waals surface area contributed by atoms with Gasteiger partial charge in [0.25, 0.3) is 0 Å². The van der Waals surface area contributed by atoms with Crippen LogP contribution in [0.3, 0.4) is 0 Å². The minimum atomic E-state index is -3.54. The summed E-state index contributed by atoms with van der Waals surface area (Å²) in [6, 6.07) is 6.73. The summed E-state index contributed by atoms with van der Waals surface area (Å²) in [5.74, 6) is -0.127. The van der Waals surface area contributed by atoms with Crippen molar-refractivity contribution in [3.05, 3.63) is 29.8 Å². The van der Waals surface area contributed by atoms with Crippen LogP contribution in [0.4, 0.5) is 0 Å². The lowest BCUT2D eigenvalue weighted by molar-refractivity contribution is 0.442. The molecule has 0 aromatic heterocycles. The van der Waals surface area contributed by atoms with Crippen molar-refractivity contribution in [2.45, 2.75) is 30.7 Å². The molecule has 0 heterocycles. The molecular weight excluding hydrogens is 250 g/mol. The van der Waals surface area contributed by atoms with E-state index >= 15 is 0 Å². The molecule has 0 spiro atoms. The SMILES string of the molecule is Cc1ccc(S(=O)(=O)N(CC(=N)N)C2CC2)cc1. The minimum Gasteiger partial charge on any atom is -0.387 e. The van der Waals surface area contributed by atoms with Crippen molar-refractivity contribution in [3.8, 4) is 0 Å². The molecule has 1 aliphatic rings. The highest BCUT2D eigenvalue weighted by atomic mass is 32.2. The van der Waals surface area contributed by atoms with Crippen LogP contribution in [0.15, 0.2) is 29.2 Å². The number of rotatable bonds is 5. The molecule has 0 atom stereocenters. The summed E-state index contributed by atoms with van der Waals surface area (Å²) in [4.78, 5) is 0.265. The Kier molecular flexibility index (Phi) is 3.41. The molecule has 1 aromatic rings. The van der Waals surface area contributed by atoms with Gasteiger partial charge < -0.3 is 5.73 Å². The Bertz CT molecular complexity index is 547. The molecule has 0 unspecified atom stereocenters. The van der Waals surface area contributed by atoms with Crippen molar-refractivity contribution in [1.29, 1.82) is 5.41 Å². The molecule has 5 nitrogen and oxygen atoms in total. The number of hydrogen-bond acceptors (Lipinski definition) is 3. The van der Waals surface area contributed by atoms with Crippen LogP contribution in [-0.2, 0) is 10.0 Å². The monoisotopic (exact) mass is 267 g/mol. The first-order valence-corrected chi connectivity index (χ1v) is 7.26.